The number of nitrogens with zero attached hydrogens (tertiary/aromatic N) is 1. The number of aliphatic hydroxyl groups excluding tert-OH is 1. The first-order valence-corrected chi connectivity index (χ1v) is 9.08. The number of carbonyl (C=O) groups excluding carboxylic acids is 1. The van der Waals surface area contributed by atoms with E-state index in [0.29, 0.717) is 51.1 Å². The van der Waals surface area contributed by atoms with Crippen molar-refractivity contribution in [3.05, 3.63) is 35.6 Å². The van der Waals surface area contributed by atoms with E-state index >= 15 is 0 Å². The largest absolute Gasteiger partial charge is 0.392 e. The SMILES string of the molecule is NCCO[C@H]1C[C@@H](O)C12CCN(C(=O)CCc1ccccc1F)CC2. The van der Waals surface area contributed by atoms with E-state index in [2.05, 4.69) is 0 Å². The highest BCUT2D eigenvalue weighted by Crippen LogP contribution is 2.50. The predicted octanol–water partition coefficient (Wildman–Crippen LogP) is 1.48. The minimum Gasteiger partial charge on any atom is -0.392 e. The van der Waals surface area contributed by atoms with E-state index in [1.807, 2.05) is 4.90 Å². The molecule has 5 nitrogen and oxygen atoms in total. The van der Waals surface area contributed by atoms with E-state index in [-0.39, 0.29) is 29.3 Å². The molecule has 25 heavy (non-hydrogen) atoms. The van der Waals surface area contributed by atoms with Gasteiger partial charge in [0.25, 0.3) is 0 Å². The summed E-state index contributed by atoms with van der Waals surface area (Å²) in [6.07, 6.45) is 2.56. The summed E-state index contributed by atoms with van der Waals surface area (Å²) in [5, 5.41) is 10.2. The van der Waals surface area contributed by atoms with Crippen molar-refractivity contribution < 1.29 is 19.0 Å². The molecule has 2 atom stereocenters. The Morgan fingerprint density at radius 1 is 1.36 bits per heavy atom. The number of ether oxygens (including phenoxy) is 1. The van der Waals surface area contributed by atoms with E-state index in [0.717, 1.165) is 12.8 Å². The van der Waals surface area contributed by atoms with Crippen molar-refractivity contribution in [1.82, 2.24) is 4.90 Å². The fraction of sp³-hybridized carbons (Fsp3) is 0.632. The zero-order valence-electron chi connectivity index (χ0n) is 14.5. The quantitative estimate of drug-likeness (QED) is 0.815. The molecule has 0 radical (unpaired) electrons. The third-order valence-electron chi connectivity index (χ3n) is 5.79. The average molecular weight is 350 g/mol. The molecular formula is C19H27FN2O3. The zero-order chi connectivity index (χ0) is 17.9. The van der Waals surface area contributed by atoms with Crippen LogP contribution in [0.5, 0.6) is 0 Å². The van der Waals surface area contributed by atoms with Crippen molar-refractivity contribution in [2.75, 3.05) is 26.2 Å². The van der Waals surface area contributed by atoms with E-state index < -0.39 is 0 Å². The van der Waals surface area contributed by atoms with Gasteiger partial charge in [-0.15, -0.1) is 0 Å². The van der Waals surface area contributed by atoms with Crippen LogP contribution in [0.15, 0.2) is 24.3 Å². The number of hydrogen-bond acceptors (Lipinski definition) is 4. The lowest BCUT2D eigenvalue weighted by Crippen LogP contribution is -2.62. The van der Waals surface area contributed by atoms with Crippen molar-refractivity contribution in [3.8, 4) is 0 Å². The second-order valence-electron chi connectivity index (χ2n) is 7.10. The molecule has 3 rings (SSSR count). The number of rotatable bonds is 6. The first-order valence-electron chi connectivity index (χ1n) is 9.08. The van der Waals surface area contributed by atoms with Crippen molar-refractivity contribution >= 4 is 5.91 Å². The van der Waals surface area contributed by atoms with Crippen LogP contribution in [0, 0.1) is 11.2 Å². The lowest BCUT2D eigenvalue weighted by molar-refractivity contribution is -0.210. The Morgan fingerprint density at radius 2 is 2.08 bits per heavy atom. The summed E-state index contributed by atoms with van der Waals surface area (Å²) >= 11 is 0. The summed E-state index contributed by atoms with van der Waals surface area (Å²) in [7, 11) is 0. The number of likely N-dealkylation sites (tertiary alicyclic amines) is 1. The van der Waals surface area contributed by atoms with Gasteiger partial charge in [0.05, 0.1) is 18.8 Å². The van der Waals surface area contributed by atoms with Gasteiger partial charge in [-0.05, 0) is 30.9 Å². The fourth-order valence-electron chi connectivity index (χ4n) is 4.10. The molecule has 1 aliphatic heterocycles. The summed E-state index contributed by atoms with van der Waals surface area (Å²) in [6.45, 7) is 2.22. The van der Waals surface area contributed by atoms with Crippen LogP contribution in [-0.4, -0.2) is 54.4 Å². The molecule has 2 fully saturated rings. The van der Waals surface area contributed by atoms with Gasteiger partial charge in [0.15, 0.2) is 0 Å². The van der Waals surface area contributed by atoms with Gasteiger partial charge < -0.3 is 20.5 Å². The molecule has 2 aliphatic rings. The molecule has 1 heterocycles. The highest BCUT2D eigenvalue weighted by Gasteiger charge is 2.56. The van der Waals surface area contributed by atoms with Crippen molar-refractivity contribution in [2.24, 2.45) is 11.1 Å². The first kappa shape index (κ1) is 18.3. The second-order valence-corrected chi connectivity index (χ2v) is 7.10. The lowest BCUT2D eigenvalue weighted by atomic mass is 9.58. The average Bonchev–Trinajstić information content (AvgIpc) is 2.64. The molecular weight excluding hydrogens is 323 g/mol. The second kappa shape index (κ2) is 7.81. The molecule has 1 saturated carbocycles. The number of benzene rings is 1. The first-order chi connectivity index (χ1) is 12.1. The summed E-state index contributed by atoms with van der Waals surface area (Å²) in [5.41, 5.74) is 5.85. The van der Waals surface area contributed by atoms with E-state index in [9.17, 15) is 14.3 Å². The van der Waals surface area contributed by atoms with Crippen molar-refractivity contribution in [1.29, 1.82) is 0 Å². The summed E-state index contributed by atoms with van der Waals surface area (Å²) in [5.74, 6) is -0.211. The van der Waals surface area contributed by atoms with Crippen molar-refractivity contribution in [3.63, 3.8) is 0 Å². The molecule has 1 aromatic rings. The summed E-state index contributed by atoms with van der Waals surface area (Å²) < 4.78 is 19.4. The molecule has 1 amide bonds. The lowest BCUT2D eigenvalue weighted by Gasteiger charge is -2.56. The Labute approximate surface area is 147 Å². The Bertz CT molecular complexity index is 602. The maximum atomic E-state index is 13.6. The summed E-state index contributed by atoms with van der Waals surface area (Å²) in [6, 6.07) is 6.58. The molecule has 0 unspecified atom stereocenters. The Hall–Kier alpha value is -1.50. The number of aryl methyl sites for hydroxylation is 1. The van der Waals surface area contributed by atoms with Crippen LogP contribution < -0.4 is 5.73 Å². The Kier molecular flexibility index (Phi) is 5.71. The number of aliphatic hydroxyl groups is 1. The summed E-state index contributed by atoms with van der Waals surface area (Å²) in [4.78, 5) is 14.3. The Balaban J connectivity index is 1.50. The highest BCUT2D eigenvalue weighted by atomic mass is 19.1. The topological polar surface area (TPSA) is 75.8 Å². The van der Waals surface area contributed by atoms with Gasteiger partial charge >= 0.3 is 0 Å². The van der Waals surface area contributed by atoms with Crippen LogP contribution in [-0.2, 0) is 16.0 Å². The monoisotopic (exact) mass is 350 g/mol. The van der Waals surface area contributed by atoms with Gasteiger partial charge in [0.2, 0.25) is 5.91 Å². The van der Waals surface area contributed by atoms with Gasteiger partial charge in [-0.1, -0.05) is 18.2 Å². The van der Waals surface area contributed by atoms with Crippen LogP contribution in [0.3, 0.4) is 0 Å². The van der Waals surface area contributed by atoms with Gasteiger partial charge in [-0.3, -0.25) is 4.79 Å². The molecule has 3 N–H and O–H groups in total. The number of amides is 1. The third-order valence-corrected chi connectivity index (χ3v) is 5.79. The molecule has 1 aromatic carbocycles. The minimum absolute atomic E-state index is 0.0433. The Morgan fingerprint density at radius 3 is 2.72 bits per heavy atom. The molecule has 0 bridgehead atoms. The number of hydrogen-bond donors (Lipinski definition) is 2. The maximum Gasteiger partial charge on any atom is 0.222 e. The zero-order valence-corrected chi connectivity index (χ0v) is 14.5. The fourth-order valence-corrected chi connectivity index (χ4v) is 4.10. The van der Waals surface area contributed by atoms with E-state index in [1.54, 1.807) is 18.2 Å². The van der Waals surface area contributed by atoms with Crippen LogP contribution >= 0.6 is 0 Å². The van der Waals surface area contributed by atoms with Gasteiger partial charge in [0, 0.05) is 37.9 Å². The van der Waals surface area contributed by atoms with Crippen LogP contribution in [0.4, 0.5) is 4.39 Å². The molecule has 1 aliphatic carbocycles. The molecule has 0 aromatic heterocycles. The van der Waals surface area contributed by atoms with E-state index in [1.165, 1.54) is 6.07 Å². The minimum atomic E-state index is -0.356. The van der Waals surface area contributed by atoms with Crippen LogP contribution in [0.25, 0.3) is 0 Å². The van der Waals surface area contributed by atoms with Gasteiger partial charge in [0.1, 0.15) is 5.82 Å². The van der Waals surface area contributed by atoms with Crippen LogP contribution in [0.2, 0.25) is 0 Å². The highest BCUT2D eigenvalue weighted by molar-refractivity contribution is 5.76. The predicted molar refractivity (Wildman–Crippen MR) is 92.4 cm³/mol. The smallest absolute Gasteiger partial charge is 0.222 e. The number of carbonyl (C=O) groups is 1. The third kappa shape index (κ3) is 3.71. The molecule has 1 spiro atoms. The number of piperidine rings is 1. The maximum absolute atomic E-state index is 13.6. The number of halogens is 1. The standard InChI is InChI=1S/C19H27FN2O3/c20-15-4-2-1-3-14(15)5-6-18(24)22-10-7-19(8-11-22)16(23)13-17(19)25-12-9-21/h1-4,16-17,23H,5-13,21H2/t16-,17+/m1/s1. The number of nitrogens with two attached hydrogens (primary N) is 1. The van der Waals surface area contributed by atoms with Gasteiger partial charge in [-0.2, -0.15) is 0 Å². The van der Waals surface area contributed by atoms with E-state index in [4.69, 9.17) is 10.5 Å². The molecule has 1 saturated heterocycles. The van der Waals surface area contributed by atoms with Crippen LogP contribution in [0.1, 0.15) is 31.2 Å². The molecule has 6 heteroatoms. The van der Waals surface area contributed by atoms with Gasteiger partial charge in [-0.25, -0.2) is 4.39 Å². The molecule has 138 valence electrons. The normalized spacial score (nSPS) is 25.0. The van der Waals surface area contributed by atoms with Crippen molar-refractivity contribution in [2.45, 2.75) is 44.3 Å².